The molecule has 1 aliphatic rings. The van der Waals surface area contributed by atoms with Gasteiger partial charge in [0.15, 0.2) is 6.61 Å². The number of ether oxygens (including phenoxy) is 1. The van der Waals surface area contributed by atoms with Crippen molar-refractivity contribution in [3.63, 3.8) is 0 Å². The van der Waals surface area contributed by atoms with E-state index in [0.717, 1.165) is 35.7 Å². The molecule has 3 rings (SSSR count). The summed E-state index contributed by atoms with van der Waals surface area (Å²) in [5, 5.41) is 3.68. The van der Waals surface area contributed by atoms with E-state index >= 15 is 0 Å². The van der Waals surface area contributed by atoms with Crippen LogP contribution in [-0.2, 0) is 16.1 Å². The van der Waals surface area contributed by atoms with Gasteiger partial charge < -0.3 is 15.0 Å². The van der Waals surface area contributed by atoms with Gasteiger partial charge in [0.1, 0.15) is 11.8 Å². The van der Waals surface area contributed by atoms with E-state index < -0.39 is 6.04 Å². The van der Waals surface area contributed by atoms with Crippen molar-refractivity contribution in [1.29, 1.82) is 0 Å². The van der Waals surface area contributed by atoms with Crippen molar-refractivity contribution < 1.29 is 14.3 Å². The first-order chi connectivity index (χ1) is 14.4. The highest BCUT2D eigenvalue weighted by molar-refractivity contribution is 9.10. The summed E-state index contributed by atoms with van der Waals surface area (Å²) in [6.07, 6.45) is 4.25. The maximum absolute atomic E-state index is 13.0. The summed E-state index contributed by atoms with van der Waals surface area (Å²) >= 11 is 9.48. The van der Waals surface area contributed by atoms with Crippen molar-refractivity contribution >= 4 is 39.3 Å². The number of hydrogen-bond acceptors (Lipinski definition) is 3. The first-order valence-electron chi connectivity index (χ1n) is 10.1. The molecule has 0 unspecified atom stereocenters. The topological polar surface area (TPSA) is 58.6 Å². The lowest BCUT2D eigenvalue weighted by molar-refractivity contribution is -0.142. The van der Waals surface area contributed by atoms with Gasteiger partial charge in [-0.15, -0.1) is 0 Å². The van der Waals surface area contributed by atoms with E-state index in [1.54, 1.807) is 36.1 Å². The van der Waals surface area contributed by atoms with E-state index in [9.17, 15) is 9.59 Å². The van der Waals surface area contributed by atoms with Crippen molar-refractivity contribution in [1.82, 2.24) is 10.2 Å². The number of nitrogens with zero attached hydrogens (tertiary/aromatic N) is 1. The summed E-state index contributed by atoms with van der Waals surface area (Å²) < 4.78 is 6.59. The number of carbonyl (C=O) groups is 2. The van der Waals surface area contributed by atoms with Crippen LogP contribution in [0.1, 0.15) is 38.2 Å². The molecule has 1 fully saturated rings. The Bertz CT molecular complexity index is 869. The van der Waals surface area contributed by atoms with Gasteiger partial charge in [0, 0.05) is 22.1 Å². The molecule has 1 atom stereocenters. The van der Waals surface area contributed by atoms with Crippen molar-refractivity contribution in [2.45, 2.75) is 51.2 Å². The van der Waals surface area contributed by atoms with Crippen molar-refractivity contribution in [3.05, 3.63) is 63.6 Å². The number of rotatable bonds is 8. The lowest BCUT2D eigenvalue weighted by Gasteiger charge is -2.29. The van der Waals surface area contributed by atoms with Gasteiger partial charge in [-0.05, 0) is 61.7 Å². The molecule has 30 heavy (non-hydrogen) atoms. The zero-order valence-corrected chi connectivity index (χ0v) is 19.3. The molecule has 0 heterocycles. The standard InChI is InChI=1S/C23H26BrClN2O3/c1-16(23(29)26-20-7-2-3-8-20)27(14-17-5-4-6-19(25)13-17)22(28)15-30-21-11-9-18(24)10-12-21/h4-6,9-13,16,20H,2-3,7-8,14-15H2,1H3,(H,26,29)/t16-/m1/s1. The Morgan fingerprint density at radius 2 is 1.90 bits per heavy atom. The number of halogens is 2. The third kappa shape index (κ3) is 6.47. The van der Waals surface area contributed by atoms with Crippen LogP contribution in [0.4, 0.5) is 0 Å². The largest absolute Gasteiger partial charge is 0.484 e. The first-order valence-corrected chi connectivity index (χ1v) is 11.3. The fourth-order valence-electron chi connectivity index (χ4n) is 3.57. The lowest BCUT2D eigenvalue weighted by Crippen LogP contribution is -2.50. The molecular formula is C23H26BrClN2O3. The molecule has 0 bridgehead atoms. The van der Waals surface area contributed by atoms with Gasteiger partial charge in [-0.1, -0.05) is 52.5 Å². The van der Waals surface area contributed by atoms with Crippen LogP contribution < -0.4 is 10.1 Å². The fraction of sp³-hybridized carbons (Fsp3) is 0.391. The summed E-state index contributed by atoms with van der Waals surface area (Å²) in [5.41, 5.74) is 0.861. The molecule has 2 aromatic rings. The SMILES string of the molecule is C[C@H](C(=O)NC1CCCC1)N(Cc1cccc(Cl)c1)C(=O)COc1ccc(Br)cc1. The number of hydrogen-bond donors (Lipinski definition) is 1. The predicted octanol–water partition coefficient (Wildman–Crippen LogP) is 4.96. The second kappa shape index (κ2) is 10.8. The van der Waals surface area contributed by atoms with E-state index in [1.807, 2.05) is 24.3 Å². The van der Waals surface area contributed by atoms with Crippen molar-refractivity contribution in [3.8, 4) is 5.75 Å². The Kier molecular flexibility index (Phi) is 8.16. The van der Waals surface area contributed by atoms with E-state index in [2.05, 4.69) is 21.2 Å². The molecule has 5 nitrogen and oxygen atoms in total. The summed E-state index contributed by atoms with van der Waals surface area (Å²) in [4.78, 5) is 27.4. The van der Waals surface area contributed by atoms with Gasteiger partial charge in [-0.25, -0.2) is 0 Å². The predicted molar refractivity (Wildman–Crippen MR) is 121 cm³/mol. The average molecular weight is 494 g/mol. The average Bonchev–Trinajstić information content (AvgIpc) is 3.24. The molecule has 2 aromatic carbocycles. The fourth-order valence-corrected chi connectivity index (χ4v) is 4.04. The third-order valence-corrected chi connectivity index (χ3v) is 6.05. The second-order valence-corrected chi connectivity index (χ2v) is 8.91. The Morgan fingerprint density at radius 1 is 1.20 bits per heavy atom. The molecule has 7 heteroatoms. The van der Waals surface area contributed by atoms with E-state index in [1.165, 1.54) is 0 Å². The maximum atomic E-state index is 13.0. The van der Waals surface area contributed by atoms with Crippen LogP contribution in [0.15, 0.2) is 53.0 Å². The number of carbonyl (C=O) groups excluding carboxylic acids is 2. The van der Waals surface area contributed by atoms with Gasteiger partial charge in [-0.2, -0.15) is 0 Å². The first kappa shape index (κ1) is 22.6. The number of benzene rings is 2. The van der Waals surface area contributed by atoms with Gasteiger partial charge in [-0.3, -0.25) is 9.59 Å². The molecule has 1 aliphatic carbocycles. The zero-order chi connectivity index (χ0) is 21.5. The zero-order valence-electron chi connectivity index (χ0n) is 16.9. The van der Waals surface area contributed by atoms with E-state index in [0.29, 0.717) is 10.8 Å². The summed E-state index contributed by atoms with van der Waals surface area (Å²) in [6, 6.07) is 14.2. The Balaban J connectivity index is 1.70. The van der Waals surface area contributed by atoms with Gasteiger partial charge >= 0.3 is 0 Å². The minimum atomic E-state index is -0.620. The summed E-state index contributed by atoms with van der Waals surface area (Å²) in [7, 11) is 0. The highest BCUT2D eigenvalue weighted by atomic mass is 79.9. The molecule has 0 saturated heterocycles. The van der Waals surface area contributed by atoms with Crippen LogP contribution in [0, 0.1) is 0 Å². The molecule has 1 N–H and O–H groups in total. The van der Waals surface area contributed by atoms with Crippen LogP contribution >= 0.6 is 27.5 Å². The second-order valence-electron chi connectivity index (χ2n) is 7.56. The molecule has 0 aromatic heterocycles. The van der Waals surface area contributed by atoms with Gasteiger partial charge in [0.25, 0.3) is 5.91 Å². The monoisotopic (exact) mass is 492 g/mol. The van der Waals surface area contributed by atoms with Crippen molar-refractivity contribution in [2.24, 2.45) is 0 Å². The minimum absolute atomic E-state index is 0.138. The van der Waals surface area contributed by atoms with E-state index in [4.69, 9.17) is 16.3 Å². The van der Waals surface area contributed by atoms with Crippen LogP contribution in [0.5, 0.6) is 5.75 Å². The van der Waals surface area contributed by atoms with Crippen LogP contribution in [0.25, 0.3) is 0 Å². The van der Waals surface area contributed by atoms with Crippen LogP contribution in [-0.4, -0.2) is 35.4 Å². The molecule has 160 valence electrons. The molecule has 0 radical (unpaired) electrons. The highest BCUT2D eigenvalue weighted by Gasteiger charge is 2.28. The van der Waals surface area contributed by atoms with Gasteiger partial charge in [0.2, 0.25) is 5.91 Å². The number of nitrogens with one attached hydrogen (secondary N) is 1. The number of amides is 2. The quantitative estimate of drug-likeness (QED) is 0.566. The Labute approximate surface area is 190 Å². The van der Waals surface area contributed by atoms with Crippen molar-refractivity contribution in [2.75, 3.05) is 6.61 Å². The molecule has 0 aliphatic heterocycles. The summed E-state index contributed by atoms with van der Waals surface area (Å²) in [5.74, 6) is 0.199. The van der Waals surface area contributed by atoms with Crippen LogP contribution in [0.3, 0.4) is 0 Å². The minimum Gasteiger partial charge on any atom is -0.484 e. The molecule has 1 saturated carbocycles. The molecule has 2 amide bonds. The molecule has 0 spiro atoms. The smallest absolute Gasteiger partial charge is 0.261 e. The maximum Gasteiger partial charge on any atom is 0.261 e. The van der Waals surface area contributed by atoms with Gasteiger partial charge in [0.05, 0.1) is 0 Å². The molecular weight excluding hydrogens is 468 g/mol. The van der Waals surface area contributed by atoms with E-state index in [-0.39, 0.29) is 31.0 Å². The van der Waals surface area contributed by atoms with Crippen LogP contribution in [0.2, 0.25) is 5.02 Å². The third-order valence-electron chi connectivity index (χ3n) is 5.29. The Hall–Kier alpha value is -2.05. The Morgan fingerprint density at radius 3 is 2.57 bits per heavy atom. The lowest BCUT2D eigenvalue weighted by atomic mass is 10.1. The highest BCUT2D eigenvalue weighted by Crippen LogP contribution is 2.20. The normalized spacial score (nSPS) is 14.9. The summed E-state index contributed by atoms with van der Waals surface area (Å²) in [6.45, 7) is 1.89.